The quantitative estimate of drug-likeness (QED) is 0.822. The van der Waals surface area contributed by atoms with Crippen molar-refractivity contribution >= 4 is 5.97 Å². The van der Waals surface area contributed by atoms with Crippen LogP contribution in [0.15, 0.2) is 30.7 Å². The zero-order valence-electron chi connectivity index (χ0n) is 13.7. The van der Waals surface area contributed by atoms with Crippen LogP contribution in [0.2, 0.25) is 0 Å². The first-order valence-corrected chi connectivity index (χ1v) is 7.71. The summed E-state index contributed by atoms with van der Waals surface area (Å²) >= 11 is 0. The Morgan fingerprint density at radius 1 is 1.32 bits per heavy atom. The molecular formula is C18H24N2O2. The Morgan fingerprint density at radius 2 is 2.09 bits per heavy atom. The lowest BCUT2D eigenvalue weighted by molar-refractivity contribution is -0.145. The van der Waals surface area contributed by atoms with Crippen LogP contribution in [0, 0.1) is 12.8 Å². The third-order valence-corrected chi connectivity index (χ3v) is 3.90. The number of imidazole rings is 1. The SMILES string of the molecule is Cc1c(COC(=O)CC(C)C)cccc1[C@H](C)c1cnc[nH]1. The lowest BCUT2D eigenvalue weighted by atomic mass is 9.91. The third-order valence-electron chi connectivity index (χ3n) is 3.90. The molecule has 4 nitrogen and oxygen atoms in total. The van der Waals surface area contributed by atoms with Crippen molar-refractivity contribution in [1.82, 2.24) is 9.97 Å². The van der Waals surface area contributed by atoms with Crippen LogP contribution in [-0.2, 0) is 16.1 Å². The normalized spacial score (nSPS) is 12.4. The second-order valence-corrected chi connectivity index (χ2v) is 6.12. The van der Waals surface area contributed by atoms with Gasteiger partial charge < -0.3 is 9.72 Å². The highest BCUT2D eigenvalue weighted by atomic mass is 16.5. The van der Waals surface area contributed by atoms with Crippen LogP contribution in [-0.4, -0.2) is 15.9 Å². The highest BCUT2D eigenvalue weighted by molar-refractivity contribution is 5.69. The van der Waals surface area contributed by atoms with Gasteiger partial charge in [0.15, 0.2) is 0 Å². The van der Waals surface area contributed by atoms with Gasteiger partial charge in [-0.1, -0.05) is 39.0 Å². The number of ether oxygens (including phenoxy) is 1. The molecular weight excluding hydrogens is 276 g/mol. The number of aromatic amines is 1. The molecule has 0 spiro atoms. The van der Waals surface area contributed by atoms with Gasteiger partial charge in [-0.15, -0.1) is 0 Å². The second kappa shape index (κ2) is 7.25. The van der Waals surface area contributed by atoms with Crippen LogP contribution in [0.5, 0.6) is 0 Å². The monoisotopic (exact) mass is 300 g/mol. The minimum absolute atomic E-state index is 0.138. The summed E-state index contributed by atoms with van der Waals surface area (Å²) in [5, 5.41) is 0. The first kappa shape index (κ1) is 16.3. The van der Waals surface area contributed by atoms with Crippen molar-refractivity contribution in [2.75, 3.05) is 0 Å². The molecule has 0 bridgehead atoms. The van der Waals surface area contributed by atoms with Gasteiger partial charge in [0.1, 0.15) is 6.61 Å². The molecule has 1 N–H and O–H groups in total. The van der Waals surface area contributed by atoms with Crippen molar-refractivity contribution in [3.63, 3.8) is 0 Å². The summed E-state index contributed by atoms with van der Waals surface area (Å²) in [4.78, 5) is 18.9. The van der Waals surface area contributed by atoms with Crippen molar-refractivity contribution in [2.24, 2.45) is 5.92 Å². The van der Waals surface area contributed by atoms with Gasteiger partial charge in [0, 0.05) is 24.2 Å². The van der Waals surface area contributed by atoms with Gasteiger partial charge in [0.2, 0.25) is 0 Å². The smallest absolute Gasteiger partial charge is 0.306 e. The van der Waals surface area contributed by atoms with Gasteiger partial charge >= 0.3 is 5.97 Å². The highest BCUT2D eigenvalue weighted by Gasteiger charge is 2.15. The number of nitrogens with one attached hydrogen (secondary N) is 1. The molecule has 0 amide bonds. The maximum absolute atomic E-state index is 11.7. The highest BCUT2D eigenvalue weighted by Crippen LogP contribution is 2.27. The lowest BCUT2D eigenvalue weighted by Crippen LogP contribution is -2.09. The van der Waals surface area contributed by atoms with E-state index in [4.69, 9.17) is 4.74 Å². The molecule has 0 aliphatic carbocycles. The molecule has 2 rings (SSSR count). The molecule has 1 aromatic heterocycles. The average molecular weight is 300 g/mol. The molecule has 0 fully saturated rings. The maximum Gasteiger partial charge on any atom is 0.306 e. The van der Waals surface area contributed by atoms with E-state index in [9.17, 15) is 4.79 Å². The summed E-state index contributed by atoms with van der Waals surface area (Å²) in [6.45, 7) is 8.58. The van der Waals surface area contributed by atoms with Gasteiger partial charge in [-0.2, -0.15) is 0 Å². The van der Waals surface area contributed by atoms with E-state index in [0.29, 0.717) is 18.9 Å². The molecule has 22 heavy (non-hydrogen) atoms. The second-order valence-electron chi connectivity index (χ2n) is 6.12. The van der Waals surface area contributed by atoms with E-state index < -0.39 is 0 Å². The predicted molar refractivity (Wildman–Crippen MR) is 86.5 cm³/mol. The van der Waals surface area contributed by atoms with Crippen LogP contribution >= 0.6 is 0 Å². The van der Waals surface area contributed by atoms with Gasteiger partial charge in [0.25, 0.3) is 0 Å². The van der Waals surface area contributed by atoms with E-state index in [1.54, 1.807) is 6.33 Å². The topological polar surface area (TPSA) is 55.0 Å². The number of carbonyl (C=O) groups is 1. The summed E-state index contributed by atoms with van der Waals surface area (Å²) in [5.74, 6) is 0.413. The van der Waals surface area contributed by atoms with Crippen LogP contribution in [0.25, 0.3) is 0 Å². The zero-order valence-corrected chi connectivity index (χ0v) is 13.7. The fourth-order valence-electron chi connectivity index (χ4n) is 2.55. The molecule has 2 aromatic rings. The third kappa shape index (κ3) is 3.97. The summed E-state index contributed by atoms with van der Waals surface area (Å²) in [6, 6.07) is 6.14. The summed E-state index contributed by atoms with van der Waals surface area (Å²) in [5.41, 5.74) is 4.53. The van der Waals surface area contributed by atoms with Crippen molar-refractivity contribution in [3.05, 3.63) is 53.1 Å². The number of benzene rings is 1. The Labute approximate surface area is 131 Å². The van der Waals surface area contributed by atoms with E-state index >= 15 is 0 Å². The first-order valence-electron chi connectivity index (χ1n) is 7.71. The van der Waals surface area contributed by atoms with Crippen molar-refractivity contribution in [1.29, 1.82) is 0 Å². The van der Waals surface area contributed by atoms with Crippen LogP contribution in [0.3, 0.4) is 0 Å². The number of H-pyrrole nitrogens is 1. The molecule has 0 aliphatic heterocycles. The molecule has 1 aromatic carbocycles. The van der Waals surface area contributed by atoms with E-state index in [1.807, 2.05) is 32.2 Å². The van der Waals surface area contributed by atoms with Gasteiger partial charge in [-0.25, -0.2) is 4.98 Å². The van der Waals surface area contributed by atoms with Gasteiger partial charge in [-0.3, -0.25) is 4.79 Å². The number of hydrogen-bond donors (Lipinski definition) is 1. The van der Waals surface area contributed by atoms with E-state index in [2.05, 4.69) is 29.9 Å². The van der Waals surface area contributed by atoms with Crippen molar-refractivity contribution in [3.8, 4) is 0 Å². The Balaban J connectivity index is 2.11. The molecule has 0 saturated heterocycles. The van der Waals surface area contributed by atoms with Crippen LogP contribution in [0.1, 0.15) is 55.5 Å². The molecule has 0 radical (unpaired) electrons. The Bertz CT molecular complexity index is 618. The van der Waals surface area contributed by atoms with E-state index in [1.165, 1.54) is 11.1 Å². The van der Waals surface area contributed by atoms with Crippen molar-refractivity contribution in [2.45, 2.75) is 46.6 Å². The molecule has 0 saturated carbocycles. The number of nitrogens with zero attached hydrogens (tertiary/aromatic N) is 1. The zero-order chi connectivity index (χ0) is 16.1. The summed E-state index contributed by atoms with van der Waals surface area (Å²) < 4.78 is 5.39. The van der Waals surface area contributed by atoms with Crippen LogP contribution < -0.4 is 0 Å². The van der Waals surface area contributed by atoms with Gasteiger partial charge in [0.05, 0.1) is 6.33 Å². The Hall–Kier alpha value is -2.10. The van der Waals surface area contributed by atoms with E-state index in [-0.39, 0.29) is 11.9 Å². The summed E-state index contributed by atoms with van der Waals surface area (Å²) in [6.07, 6.45) is 4.00. The fraction of sp³-hybridized carbons (Fsp3) is 0.444. The lowest BCUT2D eigenvalue weighted by Gasteiger charge is -2.16. The molecule has 118 valence electrons. The minimum atomic E-state index is -0.138. The molecule has 1 heterocycles. The number of aromatic nitrogens is 2. The average Bonchev–Trinajstić information content (AvgIpc) is 2.99. The number of rotatable bonds is 6. The van der Waals surface area contributed by atoms with Crippen LogP contribution in [0.4, 0.5) is 0 Å². The Kier molecular flexibility index (Phi) is 5.36. The maximum atomic E-state index is 11.7. The standard InChI is InChI=1S/C18H24N2O2/c1-12(2)8-18(21)22-10-15-6-5-7-16(13(15)3)14(4)17-9-19-11-20-17/h5-7,9,11-12,14H,8,10H2,1-4H3,(H,19,20)/t14-/m0/s1. The molecule has 4 heteroatoms. The van der Waals surface area contributed by atoms with Crippen molar-refractivity contribution < 1.29 is 9.53 Å². The minimum Gasteiger partial charge on any atom is -0.461 e. The van der Waals surface area contributed by atoms with E-state index in [0.717, 1.165) is 11.3 Å². The number of hydrogen-bond acceptors (Lipinski definition) is 3. The largest absolute Gasteiger partial charge is 0.461 e. The first-order chi connectivity index (χ1) is 10.5. The predicted octanol–water partition coefficient (Wildman–Crippen LogP) is 3.96. The molecule has 1 atom stereocenters. The fourth-order valence-corrected chi connectivity index (χ4v) is 2.55. The molecule has 0 aliphatic rings. The number of esters is 1. The number of carbonyl (C=O) groups excluding carboxylic acids is 1. The summed E-state index contributed by atoms with van der Waals surface area (Å²) in [7, 11) is 0. The van der Waals surface area contributed by atoms with Gasteiger partial charge in [-0.05, 0) is 29.5 Å². The Morgan fingerprint density at radius 3 is 2.73 bits per heavy atom. The molecule has 0 unspecified atom stereocenters.